The minimum atomic E-state index is 0.577. The van der Waals surface area contributed by atoms with Crippen molar-refractivity contribution in [3.05, 3.63) is 17.8 Å². The van der Waals surface area contributed by atoms with Gasteiger partial charge < -0.3 is 9.73 Å². The molecule has 3 heteroatoms. The van der Waals surface area contributed by atoms with Gasteiger partial charge in [0.15, 0.2) is 0 Å². The van der Waals surface area contributed by atoms with Gasteiger partial charge in [0.25, 0.3) is 0 Å². The van der Waals surface area contributed by atoms with Gasteiger partial charge in [-0.2, -0.15) is 0 Å². The number of nitrogens with two attached hydrogens (primary N) is 1. The van der Waals surface area contributed by atoms with Gasteiger partial charge in [0.2, 0.25) is 5.89 Å². The summed E-state index contributed by atoms with van der Waals surface area (Å²) in [6.07, 6.45) is 1.79. The fourth-order valence-electron chi connectivity index (χ4n) is 1.10. The Labute approximate surface area is 59.4 Å². The number of hydrogen-bond acceptors (Lipinski definition) is 2. The predicted octanol–water partition coefficient (Wildman–Crippen LogP) is -0.356. The zero-order valence-corrected chi connectivity index (χ0v) is 6.00. The molecule has 1 aliphatic heterocycles. The summed E-state index contributed by atoms with van der Waals surface area (Å²) in [4.78, 5) is 4.15. The highest BCUT2D eigenvalue weighted by Crippen LogP contribution is 2.14. The lowest BCUT2D eigenvalue weighted by Gasteiger charge is -2.18. The van der Waals surface area contributed by atoms with Crippen molar-refractivity contribution in [2.75, 3.05) is 13.1 Å². The van der Waals surface area contributed by atoms with Gasteiger partial charge >= 0.3 is 0 Å². The average molecular weight is 139 g/mol. The van der Waals surface area contributed by atoms with Gasteiger partial charge in [-0.3, -0.25) is 0 Å². The Hall–Kier alpha value is -0.830. The van der Waals surface area contributed by atoms with Gasteiger partial charge in [-0.1, -0.05) is 0 Å². The summed E-state index contributed by atoms with van der Waals surface area (Å²) in [7, 11) is 0. The first-order chi connectivity index (χ1) is 4.86. The third-order valence-electron chi connectivity index (χ3n) is 1.89. The minimum Gasteiger partial charge on any atom is -0.445 e. The number of rotatable bonds is 1. The lowest BCUT2D eigenvalue weighted by Crippen LogP contribution is -2.95. The van der Waals surface area contributed by atoms with Crippen LogP contribution in [0.3, 0.4) is 0 Å². The molecule has 0 radical (unpaired) electrons. The molecule has 0 spiro atoms. The number of quaternary nitrogens is 1. The highest BCUT2D eigenvalue weighted by atomic mass is 16.4. The topological polar surface area (TPSA) is 42.6 Å². The van der Waals surface area contributed by atoms with Crippen LogP contribution in [0, 0.1) is 6.92 Å². The molecule has 0 atom stereocenters. The molecule has 0 aromatic carbocycles. The summed E-state index contributed by atoms with van der Waals surface area (Å²) in [6, 6.07) is 0. The lowest BCUT2D eigenvalue weighted by atomic mass is 10.0. The van der Waals surface area contributed by atoms with Crippen LogP contribution in [0.2, 0.25) is 0 Å². The van der Waals surface area contributed by atoms with E-state index >= 15 is 0 Å². The molecule has 1 aliphatic rings. The molecule has 0 amide bonds. The van der Waals surface area contributed by atoms with Gasteiger partial charge in [-0.25, -0.2) is 4.98 Å². The smallest absolute Gasteiger partial charge is 0.208 e. The average Bonchev–Trinajstić information content (AvgIpc) is 2.10. The van der Waals surface area contributed by atoms with Crippen LogP contribution >= 0.6 is 0 Å². The number of aryl methyl sites for hydroxylation is 1. The van der Waals surface area contributed by atoms with Gasteiger partial charge in [0.1, 0.15) is 11.7 Å². The molecule has 0 saturated carbocycles. The van der Waals surface area contributed by atoms with Crippen molar-refractivity contribution >= 4 is 0 Å². The molecule has 2 rings (SSSR count). The van der Waals surface area contributed by atoms with Gasteiger partial charge in [0.05, 0.1) is 19.3 Å². The van der Waals surface area contributed by atoms with Crippen LogP contribution in [0.5, 0.6) is 0 Å². The molecule has 1 saturated heterocycles. The van der Waals surface area contributed by atoms with E-state index in [0.717, 1.165) is 24.7 Å². The third-order valence-corrected chi connectivity index (χ3v) is 1.89. The van der Waals surface area contributed by atoms with E-state index in [0.29, 0.717) is 5.92 Å². The zero-order valence-electron chi connectivity index (χ0n) is 6.00. The van der Waals surface area contributed by atoms with Gasteiger partial charge in [0, 0.05) is 0 Å². The second-order valence-corrected chi connectivity index (χ2v) is 2.77. The van der Waals surface area contributed by atoms with E-state index in [2.05, 4.69) is 10.3 Å². The quantitative estimate of drug-likeness (QED) is 0.577. The van der Waals surface area contributed by atoms with Crippen LogP contribution in [0.25, 0.3) is 0 Å². The van der Waals surface area contributed by atoms with Crippen molar-refractivity contribution in [2.24, 2.45) is 0 Å². The van der Waals surface area contributed by atoms with E-state index in [9.17, 15) is 0 Å². The predicted molar refractivity (Wildman–Crippen MR) is 35.6 cm³/mol. The van der Waals surface area contributed by atoms with E-state index < -0.39 is 0 Å². The third kappa shape index (κ3) is 0.827. The van der Waals surface area contributed by atoms with Gasteiger partial charge in [-0.05, 0) is 6.92 Å². The lowest BCUT2D eigenvalue weighted by molar-refractivity contribution is -0.713. The Morgan fingerprint density at radius 3 is 2.90 bits per heavy atom. The normalized spacial score (nSPS) is 18.9. The Bertz CT molecular complexity index is 227. The van der Waals surface area contributed by atoms with Crippen molar-refractivity contribution in [3.8, 4) is 0 Å². The molecule has 54 valence electrons. The van der Waals surface area contributed by atoms with E-state index in [1.165, 1.54) is 0 Å². The van der Waals surface area contributed by atoms with Crippen LogP contribution in [0.15, 0.2) is 10.6 Å². The van der Waals surface area contributed by atoms with Crippen LogP contribution < -0.4 is 5.32 Å². The molecule has 0 unspecified atom stereocenters. The van der Waals surface area contributed by atoms with Crippen molar-refractivity contribution in [3.63, 3.8) is 0 Å². The minimum absolute atomic E-state index is 0.577. The summed E-state index contributed by atoms with van der Waals surface area (Å²) in [5, 5.41) is 2.25. The van der Waals surface area contributed by atoms with Crippen molar-refractivity contribution in [2.45, 2.75) is 12.8 Å². The molecule has 1 aromatic heterocycles. The Balaban J connectivity index is 2.17. The van der Waals surface area contributed by atoms with Gasteiger partial charge in [-0.15, -0.1) is 0 Å². The van der Waals surface area contributed by atoms with Crippen molar-refractivity contribution in [1.82, 2.24) is 4.98 Å². The molecule has 2 N–H and O–H groups in total. The number of nitrogens with zero attached hydrogens (tertiary/aromatic N) is 1. The van der Waals surface area contributed by atoms with Crippen LogP contribution in [0.1, 0.15) is 17.6 Å². The molecule has 10 heavy (non-hydrogen) atoms. The van der Waals surface area contributed by atoms with Crippen LogP contribution in [-0.4, -0.2) is 18.1 Å². The second kappa shape index (κ2) is 2.09. The van der Waals surface area contributed by atoms with E-state index in [4.69, 9.17) is 4.42 Å². The Morgan fingerprint density at radius 2 is 2.50 bits per heavy atom. The van der Waals surface area contributed by atoms with Crippen molar-refractivity contribution < 1.29 is 9.73 Å². The number of oxazole rings is 1. The summed E-state index contributed by atoms with van der Waals surface area (Å²) in [5.41, 5.74) is 0. The SMILES string of the molecule is Cc1cnc(C2C[NH2+]C2)o1. The highest BCUT2D eigenvalue weighted by molar-refractivity contribution is 4.98. The van der Waals surface area contributed by atoms with Crippen LogP contribution in [-0.2, 0) is 0 Å². The first-order valence-electron chi connectivity index (χ1n) is 3.60. The molecule has 3 nitrogen and oxygen atoms in total. The standard InChI is InChI=1S/C7H10N2O/c1-5-2-9-7(10-5)6-3-8-4-6/h2,6,8H,3-4H2,1H3/p+1. The summed E-state index contributed by atoms with van der Waals surface area (Å²) >= 11 is 0. The summed E-state index contributed by atoms with van der Waals surface area (Å²) in [5.74, 6) is 2.41. The maximum Gasteiger partial charge on any atom is 0.208 e. The van der Waals surface area contributed by atoms with E-state index in [-0.39, 0.29) is 0 Å². The molecular weight excluding hydrogens is 128 g/mol. The Morgan fingerprint density at radius 1 is 1.70 bits per heavy atom. The second-order valence-electron chi connectivity index (χ2n) is 2.77. The van der Waals surface area contributed by atoms with E-state index in [1.54, 1.807) is 6.20 Å². The van der Waals surface area contributed by atoms with Crippen molar-refractivity contribution in [1.29, 1.82) is 0 Å². The first kappa shape index (κ1) is 5.92. The molecule has 0 bridgehead atoms. The first-order valence-corrected chi connectivity index (χ1v) is 3.60. The Kier molecular flexibility index (Phi) is 1.24. The zero-order chi connectivity index (χ0) is 6.97. The maximum atomic E-state index is 5.36. The molecule has 1 fully saturated rings. The largest absolute Gasteiger partial charge is 0.445 e. The molecule has 1 aromatic rings. The molecular formula is C7H11N2O+. The highest BCUT2D eigenvalue weighted by Gasteiger charge is 2.27. The summed E-state index contributed by atoms with van der Waals surface area (Å²) < 4.78 is 5.36. The fourth-order valence-corrected chi connectivity index (χ4v) is 1.10. The maximum absolute atomic E-state index is 5.36. The summed E-state index contributed by atoms with van der Waals surface area (Å²) in [6.45, 7) is 4.21. The number of aromatic nitrogens is 1. The van der Waals surface area contributed by atoms with Crippen LogP contribution in [0.4, 0.5) is 0 Å². The van der Waals surface area contributed by atoms with E-state index in [1.807, 2.05) is 6.92 Å². The fraction of sp³-hybridized carbons (Fsp3) is 0.571. The monoisotopic (exact) mass is 139 g/mol. The molecule has 2 heterocycles. The number of hydrogen-bond donors (Lipinski definition) is 1. The molecule has 0 aliphatic carbocycles.